The summed E-state index contributed by atoms with van der Waals surface area (Å²) >= 11 is 0. The quantitative estimate of drug-likeness (QED) is 0.350. The predicted octanol–water partition coefficient (Wildman–Crippen LogP) is 3.30. The van der Waals surface area contributed by atoms with Gasteiger partial charge < -0.3 is 24.4 Å². The van der Waals surface area contributed by atoms with Gasteiger partial charge in [-0.2, -0.15) is 4.98 Å². The highest BCUT2D eigenvalue weighted by molar-refractivity contribution is 14.0. The fourth-order valence-electron chi connectivity index (χ4n) is 3.55. The summed E-state index contributed by atoms with van der Waals surface area (Å²) in [5, 5.41) is 7.33. The molecule has 8 nitrogen and oxygen atoms in total. The van der Waals surface area contributed by atoms with Gasteiger partial charge >= 0.3 is 0 Å². The molecular weight excluding hydrogens is 495 g/mol. The first kappa shape index (κ1) is 24.4. The number of rotatable bonds is 6. The molecule has 1 aliphatic heterocycles. The highest BCUT2D eigenvalue weighted by atomic mass is 127. The SMILES string of the molecule is CCOC(C)c1noc(CNC(=NC)N2CCN(c3cccc(C)c3C)CC2)n1.I. The number of aryl methyl sites for hydroxylation is 1. The van der Waals surface area contributed by atoms with Gasteiger partial charge in [0, 0.05) is 45.5 Å². The van der Waals surface area contributed by atoms with E-state index in [1.165, 1.54) is 16.8 Å². The van der Waals surface area contributed by atoms with Gasteiger partial charge in [0.25, 0.3) is 0 Å². The lowest BCUT2D eigenvalue weighted by Gasteiger charge is -2.38. The van der Waals surface area contributed by atoms with Crippen molar-refractivity contribution < 1.29 is 9.26 Å². The monoisotopic (exact) mass is 528 g/mol. The van der Waals surface area contributed by atoms with Crippen LogP contribution in [-0.4, -0.2) is 60.8 Å². The van der Waals surface area contributed by atoms with Gasteiger partial charge in [-0.15, -0.1) is 24.0 Å². The number of benzene rings is 1. The highest BCUT2D eigenvalue weighted by Gasteiger charge is 2.21. The number of aromatic nitrogens is 2. The Labute approximate surface area is 196 Å². The van der Waals surface area contributed by atoms with Crippen molar-refractivity contribution in [1.82, 2.24) is 20.4 Å². The summed E-state index contributed by atoms with van der Waals surface area (Å²) in [6.07, 6.45) is -0.171. The maximum atomic E-state index is 5.50. The number of halogens is 1. The molecule has 1 fully saturated rings. The van der Waals surface area contributed by atoms with E-state index in [0.29, 0.717) is 24.9 Å². The van der Waals surface area contributed by atoms with Crippen LogP contribution in [-0.2, 0) is 11.3 Å². The molecule has 0 amide bonds. The molecule has 0 saturated carbocycles. The van der Waals surface area contributed by atoms with Gasteiger partial charge in [-0.1, -0.05) is 17.3 Å². The zero-order valence-corrected chi connectivity index (χ0v) is 20.8. The lowest BCUT2D eigenvalue weighted by Crippen LogP contribution is -2.52. The summed E-state index contributed by atoms with van der Waals surface area (Å²) < 4.78 is 10.8. The molecule has 1 aliphatic rings. The molecule has 0 bridgehead atoms. The summed E-state index contributed by atoms with van der Waals surface area (Å²) in [6, 6.07) is 6.51. The number of aliphatic imine (C=N–C) groups is 1. The first-order valence-electron chi connectivity index (χ1n) is 10.2. The minimum Gasteiger partial charge on any atom is -0.371 e. The molecule has 3 rings (SSSR count). The molecule has 1 atom stereocenters. The van der Waals surface area contributed by atoms with Crippen LogP contribution < -0.4 is 10.2 Å². The standard InChI is InChI=1S/C21H32N6O2.HI/c1-6-28-17(4)20-24-19(29-25-20)14-23-21(22-5)27-12-10-26(11-13-27)18-9-7-8-15(2)16(18)3;/h7-9,17H,6,10-14H2,1-5H3,(H,22,23);1H. The smallest absolute Gasteiger partial charge is 0.246 e. The number of ether oxygens (including phenoxy) is 1. The number of guanidine groups is 1. The molecule has 1 unspecified atom stereocenters. The van der Waals surface area contributed by atoms with Crippen molar-refractivity contribution in [2.75, 3.05) is 44.7 Å². The summed E-state index contributed by atoms with van der Waals surface area (Å²) in [5.74, 6) is 1.95. The molecule has 1 aromatic carbocycles. The van der Waals surface area contributed by atoms with E-state index >= 15 is 0 Å². The van der Waals surface area contributed by atoms with E-state index in [1.807, 2.05) is 13.8 Å². The van der Waals surface area contributed by atoms with Crippen molar-refractivity contribution in [3.63, 3.8) is 0 Å². The molecule has 2 aromatic rings. The second-order valence-electron chi connectivity index (χ2n) is 7.24. The van der Waals surface area contributed by atoms with E-state index in [9.17, 15) is 0 Å². The zero-order valence-electron chi connectivity index (χ0n) is 18.5. The summed E-state index contributed by atoms with van der Waals surface area (Å²) in [4.78, 5) is 13.5. The van der Waals surface area contributed by atoms with Crippen LogP contribution in [0, 0.1) is 13.8 Å². The third-order valence-corrected chi connectivity index (χ3v) is 5.37. The third kappa shape index (κ3) is 5.84. The molecule has 0 radical (unpaired) electrons. The van der Waals surface area contributed by atoms with E-state index < -0.39 is 0 Å². The lowest BCUT2D eigenvalue weighted by molar-refractivity contribution is 0.0683. The van der Waals surface area contributed by atoms with Crippen LogP contribution in [0.25, 0.3) is 0 Å². The van der Waals surface area contributed by atoms with Crippen LogP contribution in [0.3, 0.4) is 0 Å². The van der Waals surface area contributed by atoms with Crippen LogP contribution in [0.5, 0.6) is 0 Å². The molecule has 1 aromatic heterocycles. The number of anilines is 1. The zero-order chi connectivity index (χ0) is 20.8. The van der Waals surface area contributed by atoms with Crippen LogP contribution in [0.15, 0.2) is 27.7 Å². The number of hydrogen-bond acceptors (Lipinski definition) is 6. The second-order valence-corrected chi connectivity index (χ2v) is 7.24. The molecule has 1 N–H and O–H groups in total. The van der Waals surface area contributed by atoms with Gasteiger partial charge in [0.05, 0.1) is 6.54 Å². The van der Waals surface area contributed by atoms with Crippen molar-refractivity contribution in [1.29, 1.82) is 0 Å². The van der Waals surface area contributed by atoms with Crippen molar-refractivity contribution in [2.24, 2.45) is 4.99 Å². The predicted molar refractivity (Wildman–Crippen MR) is 130 cm³/mol. The number of nitrogens with one attached hydrogen (secondary N) is 1. The minimum absolute atomic E-state index is 0. The molecule has 2 heterocycles. The normalized spacial score (nSPS) is 15.7. The van der Waals surface area contributed by atoms with Crippen molar-refractivity contribution in [2.45, 2.75) is 40.3 Å². The number of piperazine rings is 1. The Balaban J connectivity index is 0.00000320. The first-order valence-corrected chi connectivity index (χ1v) is 10.2. The van der Waals surface area contributed by atoms with E-state index in [-0.39, 0.29) is 30.1 Å². The summed E-state index contributed by atoms with van der Waals surface area (Å²) in [6.45, 7) is 13.0. The van der Waals surface area contributed by atoms with Gasteiger partial charge in [-0.05, 0) is 44.9 Å². The Morgan fingerprint density at radius 1 is 1.27 bits per heavy atom. The van der Waals surface area contributed by atoms with E-state index in [2.05, 4.69) is 62.3 Å². The number of hydrogen-bond donors (Lipinski definition) is 1. The second kappa shape index (κ2) is 11.5. The molecule has 0 spiro atoms. The van der Waals surface area contributed by atoms with E-state index in [1.54, 1.807) is 7.05 Å². The lowest BCUT2D eigenvalue weighted by atomic mass is 10.1. The Morgan fingerprint density at radius 3 is 2.67 bits per heavy atom. The van der Waals surface area contributed by atoms with Crippen molar-refractivity contribution in [3.05, 3.63) is 41.0 Å². The Morgan fingerprint density at radius 2 is 2.00 bits per heavy atom. The van der Waals surface area contributed by atoms with Crippen molar-refractivity contribution >= 4 is 35.6 Å². The van der Waals surface area contributed by atoms with Gasteiger partial charge in [0.1, 0.15) is 6.10 Å². The average Bonchev–Trinajstić information content (AvgIpc) is 3.20. The minimum atomic E-state index is -0.171. The van der Waals surface area contributed by atoms with Gasteiger partial charge in [-0.25, -0.2) is 0 Å². The van der Waals surface area contributed by atoms with Crippen molar-refractivity contribution in [3.8, 4) is 0 Å². The van der Waals surface area contributed by atoms with Crippen LogP contribution in [0.1, 0.15) is 42.8 Å². The van der Waals surface area contributed by atoms with E-state index in [0.717, 1.165) is 32.1 Å². The first-order chi connectivity index (χ1) is 14.0. The molecule has 9 heteroatoms. The Kier molecular flexibility index (Phi) is 9.35. The highest BCUT2D eigenvalue weighted by Crippen LogP contribution is 2.23. The van der Waals surface area contributed by atoms with Gasteiger partial charge in [-0.3, -0.25) is 4.99 Å². The van der Waals surface area contributed by atoms with Gasteiger partial charge in [0.2, 0.25) is 5.89 Å². The van der Waals surface area contributed by atoms with E-state index in [4.69, 9.17) is 9.26 Å². The fraction of sp³-hybridized carbons (Fsp3) is 0.571. The van der Waals surface area contributed by atoms with Crippen LogP contribution in [0.4, 0.5) is 5.69 Å². The summed E-state index contributed by atoms with van der Waals surface area (Å²) in [7, 11) is 1.80. The fourth-order valence-corrected chi connectivity index (χ4v) is 3.55. The number of nitrogens with zero attached hydrogens (tertiary/aromatic N) is 5. The topological polar surface area (TPSA) is 79.0 Å². The van der Waals surface area contributed by atoms with Gasteiger partial charge in [0.15, 0.2) is 11.8 Å². The maximum Gasteiger partial charge on any atom is 0.246 e. The molecule has 0 aliphatic carbocycles. The molecular formula is C21H33IN6O2. The van der Waals surface area contributed by atoms with Crippen LogP contribution in [0.2, 0.25) is 0 Å². The Hall–Kier alpha value is -1.88. The molecule has 166 valence electrons. The molecule has 1 saturated heterocycles. The maximum absolute atomic E-state index is 5.50. The third-order valence-electron chi connectivity index (χ3n) is 5.37. The van der Waals surface area contributed by atoms with Crippen LogP contribution >= 0.6 is 24.0 Å². The Bertz CT molecular complexity index is 833. The summed E-state index contributed by atoms with van der Waals surface area (Å²) in [5.41, 5.74) is 4.02. The average molecular weight is 528 g/mol. The largest absolute Gasteiger partial charge is 0.371 e. The molecule has 30 heavy (non-hydrogen) atoms.